The molecule has 6 heavy (non-hydrogen) atoms. The van der Waals surface area contributed by atoms with Crippen molar-refractivity contribution in [2.75, 3.05) is 6.54 Å². The van der Waals surface area contributed by atoms with Gasteiger partial charge in [0.15, 0.2) is 0 Å². The van der Waals surface area contributed by atoms with E-state index in [1.54, 1.807) is 0 Å². The zero-order valence-electron chi connectivity index (χ0n) is 4.02. The predicted molar refractivity (Wildman–Crippen MR) is 25.0 cm³/mol. The summed E-state index contributed by atoms with van der Waals surface area (Å²) in [7, 11) is 0. The van der Waals surface area contributed by atoms with E-state index < -0.39 is 0 Å². The monoisotopic (exact) mass is 86.1 g/mol. The van der Waals surface area contributed by atoms with Gasteiger partial charge in [-0.2, -0.15) is 0 Å². The summed E-state index contributed by atoms with van der Waals surface area (Å²) in [6, 6.07) is 0.713. The van der Waals surface area contributed by atoms with Crippen molar-refractivity contribution >= 4 is 0 Å². The molecule has 0 aliphatic carbocycles. The van der Waals surface area contributed by atoms with Crippen molar-refractivity contribution in [2.45, 2.75) is 19.4 Å². The molecule has 2 N–H and O–H groups in total. The Bertz CT molecular complexity index is 51.5. The van der Waals surface area contributed by atoms with Gasteiger partial charge < -0.3 is 0 Å². The van der Waals surface area contributed by atoms with E-state index in [0.717, 1.165) is 6.54 Å². The molecule has 0 aromatic heterocycles. The van der Waals surface area contributed by atoms with Crippen LogP contribution < -0.4 is 5.84 Å². The fourth-order valence-electron chi connectivity index (χ4n) is 0.560. The molecular formula is C4H10N2. The average Bonchev–Trinajstić information content (AvgIpc) is 2.19. The molecule has 1 rings (SSSR count). The van der Waals surface area contributed by atoms with Crippen LogP contribution in [0.5, 0.6) is 0 Å². The van der Waals surface area contributed by atoms with Gasteiger partial charge in [0.25, 0.3) is 0 Å². The van der Waals surface area contributed by atoms with Gasteiger partial charge in [-0.05, 0) is 6.42 Å². The van der Waals surface area contributed by atoms with Gasteiger partial charge in [-0.3, -0.25) is 5.84 Å². The summed E-state index contributed by atoms with van der Waals surface area (Å²) >= 11 is 0. The molecule has 0 radical (unpaired) electrons. The Labute approximate surface area is 37.9 Å². The fraction of sp³-hybridized carbons (Fsp3) is 1.00. The highest BCUT2D eigenvalue weighted by Crippen LogP contribution is 2.12. The van der Waals surface area contributed by atoms with Crippen molar-refractivity contribution in [1.29, 1.82) is 0 Å². The Morgan fingerprint density at radius 3 is 2.50 bits per heavy atom. The molecule has 0 saturated carbocycles. The molecule has 1 aliphatic rings. The second-order valence-electron chi connectivity index (χ2n) is 1.76. The van der Waals surface area contributed by atoms with Gasteiger partial charge in [0.1, 0.15) is 0 Å². The van der Waals surface area contributed by atoms with Gasteiger partial charge in [0, 0.05) is 12.6 Å². The summed E-state index contributed by atoms with van der Waals surface area (Å²) in [5.74, 6) is 5.31. The summed E-state index contributed by atoms with van der Waals surface area (Å²) < 4.78 is 0. The quantitative estimate of drug-likeness (QED) is 0.358. The van der Waals surface area contributed by atoms with Crippen LogP contribution in [0.25, 0.3) is 0 Å². The van der Waals surface area contributed by atoms with Crippen LogP contribution in [0.3, 0.4) is 0 Å². The van der Waals surface area contributed by atoms with E-state index in [1.807, 2.05) is 5.01 Å². The summed E-state index contributed by atoms with van der Waals surface area (Å²) in [6.45, 7) is 3.26. The Balaban J connectivity index is 2.09. The average molecular weight is 86.1 g/mol. The molecule has 0 bridgehead atoms. The number of nitrogens with zero attached hydrogens (tertiary/aromatic N) is 1. The largest absolute Gasteiger partial charge is 0.268 e. The van der Waals surface area contributed by atoms with Gasteiger partial charge in [0.05, 0.1) is 0 Å². The van der Waals surface area contributed by atoms with Gasteiger partial charge in [-0.1, -0.05) is 6.92 Å². The molecule has 2 atom stereocenters. The highest BCUT2D eigenvalue weighted by molar-refractivity contribution is 4.81. The lowest BCUT2D eigenvalue weighted by molar-refractivity contribution is 0.530. The molecule has 0 amide bonds. The Hall–Kier alpha value is -0.0800. The van der Waals surface area contributed by atoms with Crippen LogP contribution in [-0.2, 0) is 0 Å². The second-order valence-corrected chi connectivity index (χ2v) is 1.76. The summed E-state index contributed by atoms with van der Waals surface area (Å²) in [5.41, 5.74) is 0. The molecule has 1 aliphatic heterocycles. The first-order valence-corrected chi connectivity index (χ1v) is 2.36. The number of hydrogen-bond donors (Lipinski definition) is 1. The Kier molecular flexibility index (Phi) is 0.821. The van der Waals surface area contributed by atoms with Crippen LogP contribution in [0.1, 0.15) is 13.3 Å². The minimum absolute atomic E-state index is 0.713. The Morgan fingerprint density at radius 1 is 2.00 bits per heavy atom. The summed E-state index contributed by atoms with van der Waals surface area (Å²) in [4.78, 5) is 0. The first-order valence-electron chi connectivity index (χ1n) is 2.36. The van der Waals surface area contributed by atoms with Gasteiger partial charge in [-0.25, -0.2) is 5.01 Å². The molecule has 2 unspecified atom stereocenters. The van der Waals surface area contributed by atoms with Crippen molar-refractivity contribution in [1.82, 2.24) is 5.01 Å². The number of rotatable bonds is 1. The first kappa shape index (κ1) is 4.09. The third kappa shape index (κ3) is 0.533. The first-order chi connectivity index (χ1) is 2.84. The van der Waals surface area contributed by atoms with E-state index in [1.165, 1.54) is 6.42 Å². The number of hydrazine groups is 1. The molecule has 2 heteroatoms. The van der Waals surface area contributed by atoms with Crippen LogP contribution in [0.15, 0.2) is 0 Å². The highest BCUT2D eigenvalue weighted by Gasteiger charge is 2.27. The van der Waals surface area contributed by atoms with Crippen LogP contribution >= 0.6 is 0 Å². The van der Waals surface area contributed by atoms with E-state index in [0.29, 0.717) is 6.04 Å². The smallest absolute Gasteiger partial charge is 0.0380 e. The van der Waals surface area contributed by atoms with E-state index in [2.05, 4.69) is 6.92 Å². The number of hydrogen-bond acceptors (Lipinski definition) is 2. The molecular weight excluding hydrogens is 76.1 g/mol. The third-order valence-electron chi connectivity index (χ3n) is 1.23. The van der Waals surface area contributed by atoms with E-state index in [-0.39, 0.29) is 0 Å². The second kappa shape index (κ2) is 1.21. The Morgan fingerprint density at radius 2 is 2.50 bits per heavy atom. The molecule has 1 fully saturated rings. The lowest BCUT2D eigenvalue weighted by Crippen LogP contribution is -2.08. The fourth-order valence-corrected chi connectivity index (χ4v) is 0.560. The van der Waals surface area contributed by atoms with Crippen LogP contribution in [-0.4, -0.2) is 17.6 Å². The van der Waals surface area contributed by atoms with E-state index in [4.69, 9.17) is 5.84 Å². The molecule has 0 aromatic carbocycles. The standard InChI is InChI=1S/C4H10N2/c1-2-4-3-6(4)5/h4H,2-3,5H2,1H3. The maximum Gasteiger partial charge on any atom is 0.0380 e. The van der Waals surface area contributed by atoms with Crippen LogP contribution in [0.4, 0.5) is 0 Å². The van der Waals surface area contributed by atoms with E-state index >= 15 is 0 Å². The van der Waals surface area contributed by atoms with Crippen molar-refractivity contribution < 1.29 is 0 Å². The lowest BCUT2D eigenvalue weighted by atomic mass is 10.4. The maximum atomic E-state index is 5.31. The van der Waals surface area contributed by atoms with Gasteiger partial charge >= 0.3 is 0 Å². The normalized spacial score (nSPS) is 43.0. The van der Waals surface area contributed by atoms with Gasteiger partial charge in [0.2, 0.25) is 0 Å². The molecule has 0 spiro atoms. The minimum atomic E-state index is 0.713. The highest BCUT2D eigenvalue weighted by atomic mass is 15.5. The summed E-state index contributed by atoms with van der Waals surface area (Å²) in [5, 5.41) is 1.85. The van der Waals surface area contributed by atoms with Crippen molar-refractivity contribution in [3.05, 3.63) is 0 Å². The SMILES string of the molecule is CCC1CN1N. The topological polar surface area (TPSA) is 29.0 Å². The lowest BCUT2D eigenvalue weighted by Gasteiger charge is -1.83. The van der Waals surface area contributed by atoms with Gasteiger partial charge in [-0.15, -0.1) is 0 Å². The molecule has 1 saturated heterocycles. The minimum Gasteiger partial charge on any atom is -0.268 e. The molecule has 0 aromatic rings. The van der Waals surface area contributed by atoms with Crippen molar-refractivity contribution in [2.24, 2.45) is 5.84 Å². The number of nitrogens with two attached hydrogens (primary N) is 1. The predicted octanol–water partition coefficient (Wildman–Crippen LogP) is -0.0457. The van der Waals surface area contributed by atoms with Crippen molar-refractivity contribution in [3.63, 3.8) is 0 Å². The zero-order chi connectivity index (χ0) is 4.57. The maximum absolute atomic E-state index is 5.31. The molecule has 1 heterocycles. The van der Waals surface area contributed by atoms with Crippen LogP contribution in [0.2, 0.25) is 0 Å². The van der Waals surface area contributed by atoms with Crippen molar-refractivity contribution in [3.8, 4) is 0 Å². The summed E-state index contributed by atoms with van der Waals surface area (Å²) in [6.07, 6.45) is 1.20. The zero-order valence-corrected chi connectivity index (χ0v) is 4.02. The third-order valence-corrected chi connectivity index (χ3v) is 1.23. The van der Waals surface area contributed by atoms with E-state index in [9.17, 15) is 0 Å². The van der Waals surface area contributed by atoms with Crippen LogP contribution in [0, 0.1) is 0 Å². The molecule has 36 valence electrons. The molecule has 2 nitrogen and oxygen atoms in total.